The minimum absolute atomic E-state index is 1.25. The van der Waals surface area contributed by atoms with Crippen LogP contribution in [0.1, 0.15) is 0 Å². The van der Waals surface area contributed by atoms with Gasteiger partial charge in [-0.2, -0.15) is 0 Å². The van der Waals surface area contributed by atoms with Crippen molar-refractivity contribution in [2.45, 2.75) is 0 Å². The van der Waals surface area contributed by atoms with Crippen LogP contribution in [0.5, 0.6) is 0 Å². The van der Waals surface area contributed by atoms with Crippen LogP contribution < -0.4 is 0 Å². The van der Waals surface area contributed by atoms with Crippen molar-refractivity contribution < 1.29 is 0 Å². The molecule has 9 rings (SSSR count). The summed E-state index contributed by atoms with van der Waals surface area (Å²) in [6.07, 6.45) is 0. The molecule has 0 aromatic heterocycles. The van der Waals surface area contributed by atoms with Crippen LogP contribution in [0, 0.1) is 0 Å². The Labute approximate surface area is 244 Å². The summed E-state index contributed by atoms with van der Waals surface area (Å²) in [6, 6.07) is 57.7. The monoisotopic (exact) mass is 530 g/mol. The third-order valence-corrected chi connectivity index (χ3v) is 8.97. The highest BCUT2D eigenvalue weighted by Crippen LogP contribution is 2.49. The van der Waals surface area contributed by atoms with Gasteiger partial charge in [-0.1, -0.05) is 121 Å². The van der Waals surface area contributed by atoms with Crippen LogP contribution in [0.3, 0.4) is 0 Å². The highest BCUT2D eigenvalue weighted by Gasteiger charge is 2.21. The second-order valence-corrected chi connectivity index (χ2v) is 11.3. The third-order valence-electron chi connectivity index (χ3n) is 8.97. The Morgan fingerprint density at radius 2 is 0.381 bits per heavy atom. The van der Waals surface area contributed by atoms with Crippen molar-refractivity contribution >= 4 is 43.1 Å². The molecular weight excluding hydrogens is 504 g/mol. The second-order valence-electron chi connectivity index (χ2n) is 11.3. The summed E-state index contributed by atoms with van der Waals surface area (Å²) >= 11 is 0. The van der Waals surface area contributed by atoms with Crippen LogP contribution in [0.25, 0.3) is 87.6 Å². The summed E-state index contributed by atoms with van der Waals surface area (Å²) < 4.78 is 0. The van der Waals surface area contributed by atoms with Gasteiger partial charge in [0.2, 0.25) is 0 Å². The number of hydrogen-bond acceptors (Lipinski definition) is 0. The SMILES string of the molecule is c1ccc(-c2cc3c(cc2-c2ccccc2)c2cc4c5cc(-c6ccccc6)c(-c6ccccc6)cc5c4cc32)cc1. The average molecular weight is 531 g/mol. The zero-order valence-electron chi connectivity index (χ0n) is 23.0. The highest BCUT2D eigenvalue weighted by molar-refractivity contribution is 6.36. The van der Waals surface area contributed by atoms with E-state index in [2.05, 4.69) is 158 Å². The lowest BCUT2D eigenvalue weighted by Crippen LogP contribution is -1.94. The predicted molar refractivity (Wildman–Crippen MR) is 181 cm³/mol. The van der Waals surface area contributed by atoms with Crippen LogP contribution in [-0.4, -0.2) is 0 Å². The summed E-state index contributed by atoms with van der Waals surface area (Å²) in [5.41, 5.74) is 10.2. The normalized spacial score (nSPS) is 11.8. The summed E-state index contributed by atoms with van der Waals surface area (Å²) in [7, 11) is 0. The maximum absolute atomic E-state index is 2.43. The van der Waals surface area contributed by atoms with E-state index in [-0.39, 0.29) is 0 Å². The molecule has 0 aliphatic heterocycles. The quantitative estimate of drug-likeness (QED) is 0.212. The topological polar surface area (TPSA) is 0 Å². The Morgan fingerprint density at radius 1 is 0.190 bits per heavy atom. The summed E-state index contributed by atoms with van der Waals surface area (Å²) in [4.78, 5) is 0. The molecule has 0 N–H and O–H groups in total. The summed E-state index contributed by atoms with van der Waals surface area (Å²) in [6.45, 7) is 0. The summed E-state index contributed by atoms with van der Waals surface area (Å²) in [5.74, 6) is 0. The molecule has 0 heteroatoms. The van der Waals surface area contributed by atoms with E-state index >= 15 is 0 Å². The first-order chi connectivity index (χ1) is 20.8. The fourth-order valence-electron chi connectivity index (χ4n) is 6.88. The first-order valence-electron chi connectivity index (χ1n) is 14.6. The van der Waals surface area contributed by atoms with Gasteiger partial charge >= 0.3 is 0 Å². The van der Waals surface area contributed by atoms with Gasteiger partial charge in [-0.3, -0.25) is 0 Å². The van der Waals surface area contributed by atoms with E-state index in [1.165, 1.54) is 87.6 Å². The largest absolute Gasteiger partial charge is 0.0622 e. The third kappa shape index (κ3) is 3.42. The lowest BCUT2D eigenvalue weighted by Gasteiger charge is -2.22. The lowest BCUT2D eigenvalue weighted by molar-refractivity contribution is 1.61. The zero-order valence-corrected chi connectivity index (χ0v) is 23.0. The van der Waals surface area contributed by atoms with Crippen LogP contribution in [0.4, 0.5) is 0 Å². The molecule has 0 unspecified atom stereocenters. The number of benzene rings is 7. The molecule has 0 saturated carbocycles. The zero-order chi connectivity index (χ0) is 27.6. The first-order valence-corrected chi connectivity index (χ1v) is 14.6. The first kappa shape index (κ1) is 23.3. The standard InChI is InChI=1S/C42H26/c1-5-13-27(14-6-1)31-21-35-36(22-32(31)28-15-7-2-8-16-28)40-26-42-38-24-34(30-19-11-4-12-20-30)33(29-17-9-3-10-18-29)23-37(38)41(42)25-39(35)40/h1-26H. The average Bonchev–Trinajstić information content (AvgIpc) is 3.06. The van der Waals surface area contributed by atoms with Gasteiger partial charge in [0.05, 0.1) is 0 Å². The van der Waals surface area contributed by atoms with Crippen LogP contribution >= 0.6 is 0 Å². The second kappa shape index (κ2) is 9.03. The Balaban J connectivity index is 1.30. The van der Waals surface area contributed by atoms with Gasteiger partial charge in [0.1, 0.15) is 0 Å². The van der Waals surface area contributed by atoms with Crippen molar-refractivity contribution in [2.75, 3.05) is 0 Å². The Kier molecular flexibility index (Phi) is 5.00. The van der Waals surface area contributed by atoms with Gasteiger partial charge in [0.15, 0.2) is 0 Å². The minimum atomic E-state index is 1.25. The van der Waals surface area contributed by atoms with Crippen molar-refractivity contribution in [3.63, 3.8) is 0 Å². The van der Waals surface area contributed by atoms with Gasteiger partial charge in [-0.05, 0) is 124 Å². The minimum Gasteiger partial charge on any atom is -0.0622 e. The Hall–Kier alpha value is -5.46. The van der Waals surface area contributed by atoms with Gasteiger partial charge in [-0.25, -0.2) is 0 Å². The van der Waals surface area contributed by atoms with E-state index in [1.54, 1.807) is 0 Å². The molecule has 9 aromatic carbocycles. The molecule has 0 amide bonds. The molecule has 194 valence electrons. The highest BCUT2D eigenvalue weighted by atomic mass is 14.2. The fourth-order valence-corrected chi connectivity index (χ4v) is 6.88. The van der Waals surface area contributed by atoms with E-state index < -0.39 is 0 Å². The maximum Gasteiger partial charge on any atom is -0.00921 e. The van der Waals surface area contributed by atoms with E-state index in [9.17, 15) is 0 Å². The molecule has 0 heterocycles. The predicted octanol–water partition coefficient (Wildman–Crippen LogP) is 11.8. The van der Waals surface area contributed by atoms with Crippen LogP contribution in [-0.2, 0) is 0 Å². The molecule has 0 saturated heterocycles. The van der Waals surface area contributed by atoms with E-state index in [0.29, 0.717) is 0 Å². The van der Waals surface area contributed by atoms with Gasteiger partial charge in [0, 0.05) is 0 Å². The number of fused-ring (bicyclic) bond motifs is 8. The van der Waals surface area contributed by atoms with Crippen LogP contribution in [0.2, 0.25) is 0 Å². The molecule has 0 nitrogen and oxygen atoms in total. The van der Waals surface area contributed by atoms with Gasteiger partial charge in [0.25, 0.3) is 0 Å². The van der Waals surface area contributed by atoms with Crippen molar-refractivity contribution in [3.8, 4) is 44.5 Å². The Bertz CT molecular complexity index is 2010. The fraction of sp³-hybridized carbons (Fsp3) is 0. The lowest BCUT2D eigenvalue weighted by atomic mass is 9.81. The molecule has 42 heavy (non-hydrogen) atoms. The van der Waals surface area contributed by atoms with Crippen molar-refractivity contribution in [2.24, 2.45) is 0 Å². The van der Waals surface area contributed by atoms with Crippen LogP contribution in [0.15, 0.2) is 158 Å². The molecule has 0 aliphatic rings. The van der Waals surface area contributed by atoms with Crippen molar-refractivity contribution in [1.82, 2.24) is 0 Å². The van der Waals surface area contributed by atoms with Gasteiger partial charge < -0.3 is 0 Å². The van der Waals surface area contributed by atoms with E-state index in [1.807, 2.05) is 0 Å². The molecule has 0 radical (unpaired) electrons. The smallest absolute Gasteiger partial charge is 0.00921 e. The molecule has 0 atom stereocenters. The molecule has 0 bridgehead atoms. The molecular formula is C42H26. The number of rotatable bonds is 4. The maximum atomic E-state index is 2.43. The molecule has 0 aliphatic carbocycles. The van der Waals surface area contributed by atoms with Crippen molar-refractivity contribution in [1.29, 1.82) is 0 Å². The molecule has 0 fully saturated rings. The summed E-state index contributed by atoms with van der Waals surface area (Å²) in [5, 5.41) is 10.8. The number of hydrogen-bond donors (Lipinski definition) is 0. The Morgan fingerprint density at radius 3 is 0.595 bits per heavy atom. The molecule has 9 aromatic rings. The van der Waals surface area contributed by atoms with Crippen molar-refractivity contribution in [3.05, 3.63) is 158 Å². The van der Waals surface area contributed by atoms with E-state index in [4.69, 9.17) is 0 Å². The van der Waals surface area contributed by atoms with E-state index in [0.717, 1.165) is 0 Å². The van der Waals surface area contributed by atoms with Gasteiger partial charge in [-0.15, -0.1) is 0 Å². The molecule has 0 spiro atoms.